The Morgan fingerprint density at radius 2 is 1.70 bits per heavy atom. The molecule has 3 nitrogen and oxygen atoms in total. The van der Waals surface area contributed by atoms with Crippen LogP contribution in [0.4, 0.5) is 17.6 Å². The first-order valence-electron chi connectivity index (χ1n) is 8.35. The van der Waals surface area contributed by atoms with E-state index < -0.39 is 41.7 Å². The highest BCUT2D eigenvalue weighted by molar-refractivity contribution is 6.05. The van der Waals surface area contributed by atoms with Gasteiger partial charge in [-0.25, -0.2) is 4.39 Å². The second-order valence-corrected chi connectivity index (χ2v) is 6.14. The van der Waals surface area contributed by atoms with Gasteiger partial charge in [0.25, 0.3) is 5.91 Å². The van der Waals surface area contributed by atoms with Crippen molar-refractivity contribution in [2.24, 2.45) is 0 Å². The summed E-state index contributed by atoms with van der Waals surface area (Å²) in [7, 11) is 0. The highest BCUT2D eigenvalue weighted by atomic mass is 19.4. The fourth-order valence-electron chi connectivity index (χ4n) is 2.72. The summed E-state index contributed by atoms with van der Waals surface area (Å²) in [5.41, 5.74) is -1.12. The van der Waals surface area contributed by atoms with E-state index in [1.807, 2.05) is 6.92 Å². The number of hydrogen-bond acceptors (Lipinski definition) is 2. The van der Waals surface area contributed by atoms with Gasteiger partial charge in [0.05, 0.1) is 17.2 Å². The second kappa shape index (κ2) is 8.33. The summed E-state index contributed by atoms with van der Waals surface area (Å²) >= 11 is 0. The van der Waals surface area contributed by atoms with Crippen LogP contribution in [0.15, 0.2) is 42.5 Å². The molecule has 0 heterocycles. The molecule has 0 aliphatic heterocycles. The van der Waals surface area contributed by atoms with E-state index >= 15 is 0 Å². The molecule has 0 radical (unpaired) electrons. The van der Waals surface area contributed by atoms with Crippen molar-refractivity contribution in [2.75, 3.05) is 0 Å². The summed E-state index contributed by atoms with van der Waals surface area (Å²) in [4.78, 5) is 25.1. The lowest BCUT2D eigenvalue weighted by atomic mass is 9.97. The molecule has 144 valence electrons. The minimum absolute atomic E-state index is 0.178. The van der Waals surface area contributed by atoms with Gasteiger partial charge < -0.3 is 5.32 Å². The van der Waals surface area contributed by atoms with E-state index in [0.717, 1.165) is 23.8 Å². The first-order valence-corrected chi connectivity index (χ1v) is 8.35. The van der Waals surface area contributed by atoms with Crippen LogP contribution in [-0.2, 0) is 12.9 Å². The van der Waals surface area contributed by atoms with Crippen LogP contribution >= 0.6 is 0 Å². The van der Waals surface area contributed by atoms with E-state index in [2.05, 4.69) is 5.32 Å². The molecule has 0 aliphatic carbocycles. The topological polar surface area (TPSA) is 46.2 Å². The van der Waals surface area contributed by atoms with Crippen LogP contribution in [0.1, 0.15) is 50.8 Å². The van der Waals surface area contributed by atoms with Crippen molar-refractivity contribution in [3.8, 4) is 0 Å². The number of carbonyl (C=O) groups excluding carboxylic acids is 2. The number of Topliss-reactive ketones (excluding diaryl/α,β-unsaturated/α-hetero) is 1. The molecule has 0 spiro atoms. The number of hydrogen-bond donors (Lipinski definition) is 1. The number of amides is 1. The van der Waals surface area contributed by atoms with Crippen LogP contribution in [0.5, 0.6) is 0 Å². The first-order chi connectivity index (χ1) is 12.7. The maximum atomic E-state index is 13.2. The Labute approximate surface area is 154 Å². The number of carbonyl (C=O) groups is 2. The molecule has 2 rings (SSSR count). The fourth-order valence-corrected chi connectivity index (χ4v) is 2.72. The van der Waals surface area contributed by atoms with Crippen molar-refractivity contribution in [1.29, 1.82) is 0 Å². The van der Waals surface area contributed by atoms with Gasteiger partial charge in [-0.2, -0.15) is 13.2 Å². The summed E-state index contributed by atoms with van der Waals surface area (Å²) in [6.45, 7) is 2.25. The van der Waals surface area contributed by atoms with Gasteiger partial charge in [-0.15, -0.1) is 0 Å². The average Bonchev–Trinajstić information content (AvgIpc) is 2.64. The number of ketones is 1. The number of rotatable bonds is 6. The van der Waals surface area contributed by atoms with E-state index in [1.165, 1.54) is 0 Å². The summed E-state index contributed by atoms with van der Waals surface area (Å²) in [6.07, 6.45) is -4.64. The third-order valence-electron chi connectivity index (χ3n) is 4.19. The Balaban J connectivity index is 2.35. The van der Waals surface area contributed by atoms with Gasteiger partial charge in [0, 0.05) is 5.56 Å². The maximum Gasteiger partial charge on any atom is 0.417 e. The molecule has 0 saturated heterocycles. The zero-order valence-electron chi connectivity index (χ0n) is 14.9. The summed E-state index contributed by atoms with van der Waals surface area (Å²) < 4.78 is 52.9. The zero-order chi connectivity index (χ0) is 20.2. The molecule has 0 fully saturated rings. The molecular weight excluding hydrogens is 362 g/mol. The fraction of sp³-hybridized carbons (Fsp3) is 0.300. The van der Waals surface area contributed by atoms with Gasteiger partial charge >= 0.3 is 6.18 Å². The maximum absolute atomic E-state index is 13.2. The molecule has 1 amide bonds. The standard InChI is InChI=1S/C20H19F4NO2/c1-3-16(18(26)13-9-7-12(2)8-10-13)25-19(27)17-14(11-21)5-4-6-15(17)20(22,23)24/h4-10,16H,3,11H2,1-2H3,(H,25,27). The number of aryl methyl sites for hydroxylation is 1. The molecular formula is C20H19F4NO2. The molecule has 0 aromatic heterocycles. The van der Waals surface area contributed by atoms with Crippen molar-refractivity contribution in [3.63, 3.8) is 0 Å². The predicted octanol–water partition coefficient (Wildman–Crippen LogP) is 4.87. The molecule has 2 aromatic rings. The lowest BCUT2D eigenvalue weighted by Gasteiger charge is -2.20. The SMILES string of the molecule is CCC(NC(=O)c1c(CF)cccc1C(F)(F)F)C(=O)c1ccc(C)cc1. The zero-order valence-corrected chi connectivity index (χ0v) is 14.9. The average molecular weight is 381 g/mol. The van der Waals surface area contributed by atoms with Gasteiger partial charge in [-0.1, -0.05) is 48.9 Å². The number of alkyl halides is 4. The van der Waals surface area contributed by atoms with Crippen LogP contribution in [0.3, 0.4) is 0 Å². The summed E-state index contributed by atoms with van der Waals surface area (Å²) in [5, 5.41) is 2.33. The van der Waals surface area contributed by atoms with Crippen molar-refractivity contribution >= 4 is 11.7 Å². The molecule has 0 aliphatic rings. The number of halogens is 4. The quantitative estimate of drug-likeness (QED) is 0.573. The van der Waals surface area contributed by atoms with E-state index in [-0.39, 0.29) is 12.0 Å². The van der Waals surface area contributed by atoms with E-state index in [0.29, 0.717) is 5.56 Å². The van der Waals surface area contributed by atoms with Crippen LogP contribution in [0, 0.1) is 6.92 Å². The van der Waals surface area contributed by atoms with Gasteiger partial charge in [0.15, 0.2) is 5.78 Å². The van der Waals surface area contributed by atoms with Crippen LogP contribution < -0.4 is 5.32 Å². The van der Waals surface area contributed by atoms with Crippen LogP contribution in [0.2, 0.25) is 0 Å². The minimum Gasteiger partial charge on any atom is -0.342 e. The van der Waals surface area contributed by atoms with Crippen LogP contribution in [-0.4, -0.2) is 17.7 Å². The summed E-state index contributed by atoms with van der Waals surface area (Å²) in [6, 6.07) is 8.48. The van der Waals surface area contributed by atoms with Crippen molar-refractivity contribution in [2.45, 2.75) is 39.2 Å². The monoisotopic (exact) mass is 381 g/mol. The number of nitrogens with one attached hydrogen (secondary N) is 1. The lowest BCUT2D eigenvalue weighted by Crippen LogP contribution is -2.41. The van der Waals surface area contributed by atoms with Crippen molar-refractivity contribution < 1.29 is 27.2 Å². The minimum atomic E-state index is -4.82. The largest absolute Gasteiger partial charge is 0.417 e. The first kappa shape index (κ1) is 20.6. The second-order valence-electron chi connectivity index (χ2n) is 6.14. The van der Waals surface area contributed by atoms with Crippen molar-refractivity contribution in [1.82, 2.24) is 5.32 Å². The van der Waals surface area contributed by atoms with E-state index in [1.54, 1.807) is 31.2 Å². The molecule has 1 atom stereocenters. The summed E-state index contributed by atoms with van der Waals surface area (Å²) in [5.74, 6) is -1.54. The van der Waals surface area contributed by atoms with E-state index in [4.69, 9.17) is 0 Å². The molecule has 0 bridgehead atoms. The van der Waals surface area contributed by atoms with Gasteiger partial charge in [-0.3, -0.25) is 9.59 Å². The van der Waals surface area contributed by atoms with Crippen LogP contribution in [0.25, 0.3) is 0 Å². The Bertz CT molecular complexity index is 829. The highest BCUT2D eigenvalue weighted by Gasteiger charge is 2.37. The molecule has 27 heavy (non-hydrogen) atoms. The molecule has 2 aromatic carbocycles. The molecule has 0 saturated carbocycles. The Kier molecular flexibility index (Phi) is 6.36. The lowest BCUT2D eigenvalue weighted by molar-refractivity contribution is -0.138. The van der Waals surface area contributed by atoms with Gasteiger partial charge in [0.2, 0.25) is 0 Å². The third kappa shape index (κ3) is 4.72. The highest BCUT2D eigenvalue weighted by Crippen LogP contribution is 2.33. The van der Waals surface area contributed by atoms with Crippen molar-refractivity contribution in [3.05, 3.63) is 70.3 Å². The predicted molar refractivity (Wildman–Crippen MR) is 93.3 cm³/mol. The number of benzene rings is 2. The van der Waals surface area contributed by atoms with Gasteiger partial charge in [-0.05, 0) is 25.0 Å². The Morgan fingerprint density at radius 1 is 1.07 bits per heavy atom. The van der Waals surface area contributed by atoms with E-state index in [9.17, 15) is 27.2 Å². The third-order valence-corrected chi connectivity index (χ3v) is 4.19. The molecule has 1 N–H and O–H groups in total. The van der Waals surface area contributed by atoms with Gasteiger partial charge in [0.1, 0.15) is 6.67 Å². The molecule has 1 unspecified atom stereocenters. The normalized spacial score (nSPS) is 12.5. The Hall–Kier alpha value is -2.70. The Morgan fingerprint density at radius 3 is 2.22 bits per heavy atom. The molecule has 7 heteroatoms. The smallest absolute Gasteiger partial charge is 0.342 e.